The number of nitrogens with zero attached hydrogens (tertiary/aromatic N) is 1. The molecule has 0 saturated carbocycles. The Labute approximate surface area is 168 Å². The maximum atomic E-state index is 12.7. The third-order valence-corrected chi connectivity index (χ3v) is 4.71. The smallest absolute Gasteiger partial charge is 0.331 e. The summed E-state index contributed by atoms with van der Waals surface area (Å²) in [5.41, 5.74) is 3.41. The van der Waals surface area contributed by atoms with Crippen LogP contribution in [0.2, 0.25) is 0 Å². The van der Waals surface area contributed by atoms with E-state index in [-0.39, 0.29) is 17.3 Å². The highest BCUT2D eigenvalue weighted by molar-refractivity contribution is 6.05. The molecule has 0 radical (unpaired) electrons. The fraction of sp³-hybridized carbons (Fsp3) is 0.217. The quantitative estimate of drug-likeness (QED) is 0.387. The standard InChI is InChI=1S/C23H22N2O4/c1-13-21(15(3)26)14(2)24-22(13)23(28)16(4)29-20(27)12-11-18-10-9-17-7-5-6-8-19(17)25-18/h5-12,16,24H,1-4H3/b12-11+. The molecule has 0 aliphatic rings. The molecule has 1 N–H and O–H groups in total. The number of Topliss-reactive ketones (excluding diaryl/α,β-unsaturated/α-hetero) is 2. The molecule has 6 nitrogen and oxygen atoms in total. The van der Waals surface area contributed by atoms with Crippen molar-refractivity contribution in [1.29, 1.82) is 0 Å². The Balaban J connectivity index is 1.69. The summed E-state index contributed by atoms with van der Waals surface area (Å²) < 4.78 is 5.23. The molecule has 0 saturated heterocycles. The van der Waals surface area contributed by atoms with Gasteiger partial charge in [0.25, 0.3) is 0 Å². The van der Waals surface area contributed by atoms with E-state index in [2.05, 4.69) is 9.97 Å². The van der Waals surface area contributed by atoms with Gasteiger partial charge >= 0.3 is 5.97 Å². The monoisotopic (exact) mass is 390 g/mol. The molecule has 0 aliphatic heterocycles. The first-order chi connectivity index (χ1) is 13.8. The molecule has 3 aromatic rings. The third-order valence-electron chi connectivity index (χ3n) is 4.71. The van der Waals surface area contributed by atoms with E-state index >= 15 is 0 Å². The molecule has 0 amide bonds. The van der Waals surface area contributed by atoms with Gasteiger partial charge in [-0.25, -0.2) is 9.78 Å². The molecule has 2 aromatic heterocycles. The van der Waals surface area contributed by atoms with Crippen molar-refractivity contribution in [2.45, 2.75) is 33.8 Å². The van der Waals surface area contributed by atoms with E-state index < -0.39 is 12.1 Å². The fourth-order valence-electron chi connectivity index (χ4n) is 3.32. The van der Waals surface area contributed by atoms with E-state index in [4.69, 9.17) is 4.74 Å². The number of H-pyrrole nitrogens is 1. The van der Waals surface area contributed by atoms with Crippen molar-refractivity contribution in [3.8, 4) is 0 Å². The topological polar surface area (TPSA) is 89.1 Å². The van der Waals surface area contributed by atoms with E-state index in [1.165, 1.54) is 19.9 Å². The van der Waals surface area contributed by atoms with Crippen LogP contribution in [0.3, 0.4) is 0 Å². The number of ketones is 2. The Morgan fingerprint density at radius 3 is 2.52 bits per heavy atom. The summed E-state index contributed by atoms with van der Waals surface area (Å²) in [4.78, 5) is 43.9. The van der Waals surface area contributed by atoms with Crippen LogP contribution in [0.5, 0.6) is 0 Å². The Bertz CT molecular complexity index is 1140. The second kappa shape index (κ2) is 8.22. The van der Waals surface area contributed by atoms with Gasteiger partial charge < -0.3 is 9.72 Å². The first kappa shape index (κ1) is 20.2. The van der Waals surface area contributed by atoms with Crippen molar-refractivity contribution in [3.63, 3.8) is 0 Å². The predicted molar refractivity (Wildman–Crippen MR) is 111 cm³/mol. The first-order valence-corrected chi connectivity index (χ1v) is 9.26. The maximum absolute atomic E-state index is 12.7. The minimum atomic E-state index is -0.992. The van der Waals surface area contributed by atoms with Gasteiger partial charge in [-0.05, 0) is 51.5 Å². The number of para-hydroxylation sites is 1. The van der Waals surface area contributed by atoms with Gasteiger partial charge in [-0.2, -0.15) is 0 Å². The molecule has 0 fully saturated rings. The van der Waals surface area contributed by atoms with Gasteiger partial charge in [0, 0.05) is 22.7 Å². The molecule has 0 aliphatic carbocycles. The Morgan fingerprint density at radius 1 is 1.10 bits per heavy atom. The second-order valence-electron chi connectivity index (χ2n) is 6.89. The molecule has 3 rings (SSSR count). The highest BCUT2D eigenvalue weighted by atomic mass is 16.5. The van der Waals surface area contributed by atoms with Crippen LogP contribution in [-0.4, -0.2) is 33.6 Å². The molecule has 0 spiro atoms. The third kappa shape index (κ3) is 4.32. The number of aromatic amines is 1. The van der Waals surface area contributed by atoms with Gasteiger partial charge in [0.1, 0.15) is 0 Å². The summed E-state index contributed by atoms with van der Waals surface area (Å²) in [6.07, 6.45) is 1.80. The van der Waals surface area contributed by atoms with Crippen LogP contribution in [0, 0.1) is 13.8 Å². The largest absolute Gasteiger partial charge is 0.451 e. The molecule has 1 unspecified atom stereocenters. The lowest BCUT2D eigenvalue weighted by Gasteiger charge is -2.10. The minimum Gasteiger partial charge on any atom is -0.451 e. The number of carbonyl (C=O) groups excluding carboxylic acids is 3. The van der Waals surface area contributed by atoms with Crippen molar-refractivity contribution in [2.24, 2.45) is 0 Å². The van der Waals surface area contributed by atoms with Gasteiger partial charge in [-0.3, -0.25) is 9.59 Å². The number of aryl methyl sites for hydroxylation is 1. The molecule has 2 heterocycles. The Kier molecular flexibility index (Phi) is 5.73. The summed E-state index contributed by atoms with van der Waals surface area (Å²) in [5, 5.41) is 1.01. The molecule has 1 aromatic carbocycles. The number of rotatable bonds is 6. The van der Waals surface area contributed by atoms with Crippen molar-refractivity contribution in [1.82, 2.24) is 9.97 Å². The average Bonchev–Trinajstić information content (AvgIpc) is 2.99. The zero-order chi connectivity index (χ0) is 21.1. The number of ether oxygens (including phenoxy) is 1. The fourth-order valence-corrected chi connectivity index (χ4v) is 3.32. The number of hydrogen-bond donors (Lipinski definition) is 1. The zero-order valence-electron chi connectivity index (χ0n) is 16.8. The Morgan fingerprint density at radius 2 is 1.83 bits per heavy atom. The van der Waals surface area contributed by atoms with E-state index in [1.807, 2.05) is 30.3 Å². The lowest BCUT2D eigenvalue weighted by atomic mass is 10.0. The number of aromatic nitrogens is 2. The summed E-state index contributed by atoms with van der Waals surface area (Å²) in [6.45, 7) is 6.39. The van der Waals surface area contributed by atoms with Crippen LogP contribution in [0.15, 0.2) is 42.5 Å². The van der Waals surface area contributed by atoms with Gasteiger partial charge in [0.05, 0.1) is 16.9 Å². The van der Waals surface area contributed by atoms with Gasteiger partial charge in [-0.1, -0.05) is 24.3 Å². The Hall–Kier alpha value is -3.54. The van der Waals surface area contributed by atoms with Crippen molar-refractivity contribution < 1.29 is 19.1 Å². The van der Waals surface area contributed by atoms with Gasteiger partial charge in [0.15, 0.2) is 11.9 Å². The second-order valence-corrected chi connectivity index (χ2v) is 6.89. The van der Waals surface area contributed by atoms with Crippen LogP contribution >= 0.6 is 0 Å². The number of hydrogen-bond acceptors (Lipinski definition) is 5. The van der Waals surface area contributed by atoms with Crippen LogP contribution < -0.4 is 0 Å². The summed E-state index contributed by atoms with van der Waals surface area (Å²) in [7, 11) is 0. The molecule has 0 bridgehead atoms. The minimum absolute atomic E-state index is 0.120. The molecule has 148 valence electrons. The van der Waals surface area contributed by atoms with Gasteiger partial charge in [0.2, 0.25) is 5.78 Å². The predicted octanol–water partition coefficient (Wildman–Crippen LogP) is 4.21. The summed E-state index contributed by atoms with van der Waals surface area (Å²) in [6, 6.07) is 11.4. The number of benzene rings is 1. The number of esters is 1. The lowest BCUT2D eigenvalue weighted by Crippen LogP contribution is -2.24. The van der Waals surface area contributed by atoms with E-state index in [0.717, 1.165) is 10.9 Å². The number of fused-ring (bicyclic) bond motifs is 1. The zero-order valence-corrected chi connectivity index (χ0v) is 16.8. The summed E-state index contributed by atoms with van der Waals surface area (Å²) in [5.74, 6) is -1.15. The maximum Gasteiger partial charge on any atom is 0.331 e. The van der Waals surface area contributed by atoms with Crippen LogP contribution in [0.25, 0.3) is 17.0 Å². The molecular weight excluding hydrogens is 368 g/mol. The lowest BCUT2D eigenvalue weighted by molar-refractivity contribution is -0.140. The average molecular weight is 390 g/mol. The van der Waals surface area contributed by atoms with Crippen molar-refractivity contribution in [3.05, 3.63) is 70.7 Å². The molecule has 1 atom stereocenters. The number of nitrogens with one attached hydrogen (secondary N) is 1. The molecule has 29 heavy (non-hydrogen) atoms. The van der Waals surface area contributed by atoms with Crippen LogP contribution in [-0.2, 0) is 9.53 Å². The molecule has 6 heteroatoms. The van der Waals surface area contributed by atoms with Crippen molar-refractivity contribution >= 4 is 34.5 Å². The van der Waals surface area contributed by atoms with E-state index in [9.17, 15) is 14.4 Å². The normalized spacial score (nSPS) is 12.3. The van der Waals surface area contributed by atoms with E-state index in [0.29, 0.717) is 22.5 Å². The number of carbonyl (C=O) groups is 3. The van der Waals surface area contributed by atoms with Crippen LogP contribution in [0.1, 0.15) is 51.6 Å². The number of pyridine rings is 1. The van der Waals surface area contributed by atoms with Crippen molar-refractivity contribution in [2.75, 3.05) is 0 Å². The van der Waals surface area contributed by atoms with E-state index in [1.54, 1.807) is 26.0 Å². The molecular formula is C23H22N2O4. The van der Waals surface area contributed by atoms with Crippen LogP contribution in [0.4, 0.5) is 0 Å². The first-order valence-electron chi connectivity index (χ1n) is 9.26. The summed E-state index contributed by atoms with van der Waals surface area (Å²) >= 11 is 0. The van der Waals surface area contributed by atoms with Gasteiger partial charge in [-0.15, -0.1) is 0 Å². The highest BCUT2D eigenvalue weighted by Crippen LogP contribution is 2.20. The highest BCUT2D eigenvalue weighted by Gasteiger charge is 2.25. The SMILES string of the molecule is CC(=O)c1c(C)[nH]c(C(=O)C(C)OC(=O)/C=C/c2ccc3ccccc3n2)c1C.